The predicted molar refractivity (Wildman–Crippen MR) is 142 cm³/mol. The van der Waals surface area contributed by atoms with E-state index in [1.54, 1.807) is 6.20 Å². The highest BCUT2D eigenvalue weighted by Crippen LogP contribution is 2.33. The fourth-order valence-corrected chi connectivity index (χ4v) is 4.48. The average Bonchev–Trinajstić information content (AvgIpc) is 2.96. The number of ether oxygens (including phenoxy) is 1. The Morgan fingerprint density at radius 3 is 2.33 bits per heavy atom. The van der Waals surface area contributed by atoms with Gasteiger partial charge in [-0.05, 0) is 17.2 Å². The standard InChI is InChI=1S/C28H27F3N6O2/c29-28(30,31)26(38)39-15-14-36-10-12-37(13-11-36)27-33-18-22-16-23(20-4-2-1-3-5-20)24(34-25(22)35-27)21-8-6-19(17-32)7-9-21/h1-9,16,18H,10-15,17,32H2. The number of nitrogens with two attached hydrogens (primary N) is 1. The monoisotopic (exact) mass is 536 g/mol. The molecule has 0 saturated carbocycles. The number of carbonyl (C=O) groups is 1. The SMILES string of the molecule is NCc1ccc(-c2nc3nc(N4CCN(CCOC(=O)C(F)(F)F)CC4)ncc3cc2-c2ccccc2)cc1. The summed E-state index contributed by atoms with van der Waals surface area (Å²) in [6.45, 7) is 2.67. The van der Waals surface area contributed by atoms with Crippen molar-refractivity contribution in [2.75, 3.05) is 44.2 Å². The Kier molecular flexibility index (Phi) is 7.71. The molecule has 2 aromatic heterocycles. The molecule has 1 aliphatic rings. The molecule has 2 aromatic carbocycles. The summed E-state index contributed by atoms with van der Waals surface area (Å²) in [5, 5.41) is 0.810. The number of hydrogen-bond donors (Lipinski definition) is 1. The minimum atomic E-state index is -4.98. The topological polar surface area (TPSA) is 97.5 Å². The van der Waals surface area contributed by atoms with Crippen LogP contribution in [0.15, 0.2) is 66.9 Å². The quantitative estimate of drug-likeness (QED) is 0.354. The molecule has 1 saturated heterocycles. The second-order valence-corrected chi connectivity index (χ2v) is 9.20. The van der Waals surface area contributed by atoms with Gasteiger partial charge in [-0.2, -0.15) is 18.2 Å². The number of aromatic nitrogens is 3. The molecule has 4 aromatic rings. The van der Waals surface area contributed by atoms with E-state index in [2.05, 4.69) is 9.72 Å². The Hall–Kier alpha value is -4.09. The molecule has 3 heterocycles. The molecule has 2 N–H and O–H groups in total. The lowest BCUT2D eigenvalue weighted by molar-refractivity contribution is -0.200. The Balaban J connectivity index is 1.35. The number of alkyl halides is 3. The van der Waals surface area contributed by atoms with Crippen LogP contribution in [0.25, 0.3) is 33.4 Å². The largest absolute Gasteiger partial charge is 0.490 e. The number of nitrogens with zero attached hydrogens (tertiary/aromatic N) is 5. The third-order valence-corrected chi connectivity index (χ3v) is 6.63. The van der Waals surface area contributed by atoms with Crippen molar-refractivity contribution >= 4 is 23.0 Å². The lowest BCUT2D eigenvalue weighted by Crippen LogP contribution is -2.48. The predicted octanol–water partition coefficient (Wildman–Crippen LogP) is 4.05. The van der Waals surface area contributed by atoms with Gasteiger partial charge in [-0.1, -0.05) is 54.6 Å². The van der Waals surface area contributed by atoms with Crippen molar-refractivity contribution < 1.29 is 22.7 Å². The Bertz CT molecular complexity index is 1440. The van der Waals surface area contributed by atoms with E-state index in [1.807, 2.05) is 70.5 Å². The lowest BCUT2D eigenvalue weighted by atomic mass is 9.98. The molecule has 5 rings (SSSR count). The summed E-state index contributed by atoms with van der Waals surface area (Å²) >= 11 is 0. The number of halogens is 3. The zero-order valence-corrected chi connectivity index (χ0v) is 21.1. The van der Waals surface area contributed by atoms with Gasteiger partial charge in [-0.25, -0.2) is 14.8 Å². The van der Waals surface area contributed by atoms with Crippen LogP contribution in [0.1, 0.15) is 5.56 Å². The van der Waals surface area contributed by atoms with Gasteiger partial charge >= 0.3 is 12.1 Å². The zero-order valence-electron chi connectivity index (χ0n) is 21.1. The smallest absolute Gasteiger partial charge is 0.458 e. The Morgan fingerprint density at radius 1 is 0.949 bits per heavy atom. The Morgan fingerprint density at radius 2 is 1.67 bits per heavy atom. The zero-order chi connectivity index (χ0) is 27.4. The normalized spacial score (nSPS) is 14.5. The van der Waals surface area contributed by atoms with Crippen LogP contribution in [0.5, 0.6) is 0 Å². The van der Waals surface area contributed by atoms with Crippen molar-refractivity contribution in [2.24, 2.45) is 5.73 Å². The van der Waals surface area contributed by atoms with E-state index in [4.69, 9.17) is 15.7 Å². The van der Waals surface area contributed by atoms with Gasteiger partial charge in [0.1, 0.15) is 6.61 Å². The molecule has 39 heavy (non-hydrogen) atoms. The first-order valence-electron chi connectivity index (χ1n) is 12.6. The number of rotatable bonds is 7. The fourth-order valence-electron chi connectivity index (χ4n) is 4.48. The maximum absolute atomic E-state index is 12.3. The lowest BCUT2D eigenvalue weighted by Gasteiger charge is -2.34. The molecule has 1 fully saturated rings. The molecule has 0 amide bonds. The minimum Gasteiger partial charge on any atom is -0.458 e. The molecule has 202 valence electrons. The molecule has 0 radical (unpaired) electrons. The highest BCUT2D eigenvalue weighted by Gasteiger charge is 2.40. The highest BCUT2D eigenvalue weighted by molar-refractivity contribution is 5.90. The fraction of sp³-hybridized carbons (Fsp3) is 0.286. The van der Waals surface area contributed by atoms with Crippen LogP contribution in [0.3, 0.4) is 0 Å². The molecule has 0 atom stereocenters. The first-order chi connectivity index (χ1) is 18.8. The van der Waals surface area contributed by atoms with Crippen molar-refractivity contribution in [1.82, 2.24) is 19.9 Å². The van der Waals surface area contributed by atoms with Gasteiger partial charge in [0.2, 0.25) is 5.95 Å². The van der Waals surface area contributed by atoms with Gasteiger partial charge in [-0.15, -0.1) is 0 Å². The van der Waals surface area contributed by atoms with Crippen LogP contribution in [-0.4, -0.2) is 71.3 Å². The van der Waals surface area contributed by atoms with E-state index in [0.29, 0.717) is 44.3 Å². The minimum absolute atomic E-state index is 0.227. The van der Waals surface area contributed by atoms with Gasteiger partial charge in [-0.3, -0.25) is 4.90 Å². The van der Waals surface area contributed by atoms with Gasteiger partial charge < -0.3 is 15.4 Å². The van der Waals surface area contributed by atoms with Gasteiger partial charge in [0.25, 0.3) is 0 Å². The maximum Gasteiger partial charge on any atom is 0.490 e. The third kappa shape index (κ3) is 6.15. The van der Waals surface area contributed by atoms with E-state index >= 15 is 0 Å². The number of esters is 1. The number of fused-ring (bicyclic) bond motifs is 1. The molecule has 0 spiro atoms. The van der Waals surface area contributed by atoms with E-state index in [9.17, 15) is 18.0 Å². The van der Waals surface area contributed by atoms with Crippen LogP contribution in [0.4, 0.5) is 19.1 Å². The van der Waals surface area contributed by atoms with Crippen molar-refractivity contribution in [3.8, 4) is 22.4 Å². The second-order valence-electron chi connectivity index (χ2n) is 9.20. The summed E-state index contributed by atoms with van der Waals surface area (Å²) < 4.78 is 41.2. The average molecular weight is 537 g/mol. The van der Waals surface area contributed by atoms with E-state index < -0.39 is 12.1 Å². The van der Waals surface area contributed by atoms with Crippen LogP contribution in [-0.2, 0) is 16.1 Å². The molecule has 11 heteroatoms. The third-order valence-electron chi connectivity index (χ3n) is 6.63. The van der Waals surface area contributed by atoms with Crippen LogP contribution >= 0.6 is 0 Å². The molecular weight excluding hydrogens is 509 g/mol. The first-order valence-corrected chi connectivity index (χ1v) is 12.6. The molecule has 0 unspecified atom stereocenters. The van der Waals surface area contributed by atoms with Crippen LogP contribution in [0, 0.1) is 0 Å². The highest BCUT2D eigenvalue weighted by atomic mass is 19.4. The van der Waals surface area contributed by atoms with E-state index in [1.165, 1.54) is 0 Å². The number of pyridine rings is 1. The van der Waals surface area contributed by atoms with Gasteiger partial charge in [0.15, 0.2) is 5.65 Å². The number of anilines is 1. The summed E-state index contributed by atoms with van der Waals surface area (Å²) in [6, 6.07) is 20.1. The summed E-state index contributed by atoms with van der Waals surface area (Å²) in [6.07, 6.45) is -3.21. The summed E-state index contributed by atoms with van der Waals surface area (Å²) in [7, 11) is 0. The first kappa shape index (κ1) is 26.5. The van der Waals surface area contributed by atoms with Crippen molar-refractivity contribution in [3.05, 3.63) is 72.4 Å². The number of hydrogen-bond acceptors (Lipinski definition) is 8. The van der Waals surface area contributed by atoms with Crippen LogP contribution < -0.4 is 10.6 Å². The summed E-state index contributed by atoms with van der Waals surface area (Å²) in [4.78, 5) is 29.1. The number of piperazine rings is 1. The number of carbonyl (C=O) groups excluding carboxylic acids is 1. The second kappa shape index (κ2) is 11.3. The summed E-state index contributed by atoms with van der Waals surface area (Å²) in [5.74, 6) is -1.63. The summed E-state index contributed by atoms with van der Waals surface area (Å²) in [5.41, 5.74) is 11.1. The van der Waals surface area contributed by atoms with Crippen molar-refractivity contribution in [2.45, 2.75) is 12.7 Å². The maximum atomic E-state index is 12.3. The van der Waals surface area contributed by atoms with E-state index in [0.717, 1.165) is 33.3 Å². The molecule has 0 bridgehead atoms. The van der Waals surface area contributed by atoms with Gasteiger partial charge in [0.05, 0.1) is 5.69 Å². The number of benzene rings is 2. The van der Waals surface area contributed by atoms with E-state index in [-0.39, 0.29) is 13.2 Å². The van der Waals surface area contributed by atoms with Gasteiger partial charge in [0, 0.05) is 62.0 Å². The van der Waals surface area contributed by atoms with Crippen LogP contribution in [0.2, 0.25) is 0 Å². The van der Waals surface area contributed by atoms with Crippen molar-refractivity contribution in [1.29, 1.82) is 0 Å². The Labute approximate surface area is 223 Å². The van der Waals surface area contributed by atoms with Crippen molar-refractivity contribution in [3.63, 3.8) is 0 Å². The molecule has 0 aliphatic carbocycles. The molecular formula is C28H27F3N6O2. The molecule has 1 aliphatic heterocycles. The molecule has 8 nitrogen and oxygen atoms in total.